The lowest BCUT2D eigenvalue weighted by Gasteiger charge is -2.38. The molecule has 0 bridgehead atoms. The molecule has 8 nitrogen and oxygen atoms in total. The third kappa shape index (κ3) is 4.91. The summed E-state index contributed by atoms with van der Waals surface area (Å²) < 4.78 is 21.8. The van der Waals surface area contributed by atoms with Gasteiger partial charge in [-0.1, -0.05) is 6.07 Å². The van der Waals surface area contributed by atoms with Crippen molar-refractivity contribution in [1.82, 2.24) is 10.2 Å². The van der Waals surface area contributed by atoms with Crippen LogP contribution in [-0.2, 0) is 9.47 Å². The van der Waals surface area contributed by atoms with Crippen LogP contribution in [0.3, 0.4) is 0 Å². The summed E-state index contributed by atoms with van der Waals surface area (Å²) >= 11 is 0. The van der Waals surface area contributed by atoms with Gasteiger partial charge in [-0.15, -0.1) is 0 Å². The lowest BCUT2D eigenvalue weighted by atomic mass is 9.84. The maximum Gasteiger partial charge on any atom is 0.408 e. The van der Waals surface area contributed by atoms with Gasteiger partial charge < -0.3 is 29.2 Å². The molecule has 5 rings (SSSR count). The Hall–Kier alpha value is -2.19. The SMILES string of the molecule is CC1(OC(=O)NC2CCC(CCN3CCN(c4cccc5c4OCO5)CC3)CC2)COC1. The summed E-state index contributed by atoms with van der Waals surface area (Å²) in [5.41, 5.74) is 0.718. The number of amides is 1. The molecule has 3 fully saturated rings. The number of alkyl carbamates (subject to hydrolysis) is 1. The first-order valence-corrected chi connectivity index (χ1v) is 12.0. The van der Waals surface area contributed by atoms with Crippen LogP contribution in [0, 0.1) is 5.92 Å². The summed E-state index contributed by atoms with van der Waals surface area (Å²) in [4.78, 5) is 17.1. The number of piperazine rings is 1. The van der Waals surface area contributed by atoms with Gasteiger partial charge in [0.15, 0.2) is 17.1 Å². The van der Waals surface area contributed by atoms with E-state index in [-0.39, 0.29) is 12.1 Å². The molecule has 1 aromatic rings. The quantitative estimate of drug-likeness (QED) is 0.722. The molecule has 1 aromatic carbocycles. The molecule has 1 amide bonds. The van der Waals surface area contributed by atoms with Crippen LogP contribution in [0.15, 0.2) is 18.2 Å². The third-order valence-corrected chi connectivity index (χ3v) is 7.26. The number of rotatable bonds is 6. The standard InChI is InChI=1S/C24H35N3O5/c1-24(15-29-16-24)32-23(28)25-19-7-5-18(6-8-19)9-10-26-11-13-27(14-12-26)20-3-2-4-21-22(20)31-17-30-21/h2-4,18-19H,5-17H2,1H3,(H,25,28). The van der Waals surface area contributed by atoms with Crippen LogP contribution in [-0.4, -0.2) is 75.4 Å². The lowest BCUT2D eigenvalue weighted by Crippen LogP contribution is -2.53. The highest BCUT2D eigenvalue weighted by atomic mass is 16.7. The molecule has 1 aliphatic carbocycles. The Kier molecular flexibility index (Phi) is 6.33. The van der Waals surface area contributed by atoms with Crippen LogP contribution in [0.4, 0.5) is 10.5 Å². The molecule has 0 spiro atoms. The Morgan fingerprint density at radius 1 is 1.12 bits per heavy atom. The van der Waals surface area contributed by atoms with Crippen LogP contribution in [0.25, 0.3) is 0 Å². The van der Waals surface area contributed by atoms with Crippen molar-refractivity contribution >= 4 is 11.8 Å². The minimum Gasteiger partial charge on any atom is -0.454 e. The molecule has 0 radical (unpaired) electrons. The number of carbonyl (C=O) groups excluding carboxylic acids is 1. The predicted molar refractivity (Wildman–Crippen MR) is 120 cm³/mol. The van der Waals surface area contributed by atoms with E-state index in [2.05, 4.69) is 21.2 Å². The largest absolute Gasteiger partial charge is 0.454 e. The van der Waals surface area contributed by atoms with E-state index in [1.54, 1.807) is 0 Å². The van der Waals surface area contributed by atoms with E-state index in [1.807, 2.05) is 19.1 Å². The highest BCUT2D eigenvalue weighted by Crippen LogP contribution is 2.41. The van der Waals surface area contributed by atoms with E-state index in [1.165, 1.54) is 19.3 Å². The summed E-state index contributed by atoms with van der Waals surface area (Å²) in [6.45, 7) is 8.58. The third-order valence-electron chi connectivity index (χ3n) is 7.26. The highest BCUT2D eigenvalue weighted by molar-refractivity contribution is 5.68. The molecule has 3 aliphatic heterocycles. The first kappa shape index (κ1) is 21.6. The van der Waals surface area contributed by atoms with Crippen molar-refractivity contribution in [3.63, 3.8) is 0 Å². The fraction of sp³-hybridized carbons (Fsp3) is 0.708. The van der Waals surface area contributed by atoms with Gasteiger partial charge in [-0.25, -0.2) is 4.79 Å². The van der Waals surface area contributed by atoms with Crippen LogP contribution in [0.2, 0.25) is 0 Å². The number of ether oxygens (including phenoxy) is 4. The van der Waals surface area contributed by atoms with E-state index in [9.17, 15) is 4.79 Å². The minimum absolute atomic E-state index is 0.241. The van der Waals surface area contributed by atoms with Gasteiger partial charge in [-0.3, -0.25) is 4.90 Å². The summed E-state index contributed by atoms with van der Waals surface area (Å²) in [5.74, 6) is 2.50. The fourth-order valence-corrected chi connectivity index (χ4v) is 5.21. The van der Waals surface area contributed by atoms with Crippen molar-refractivity contribution in [1.29, 1.82) is 0 Å². The Labute approximate surface area is 190 Å². The Morgan fingerprint density at radius 3 is 2.62 bits per heavy atom. The molecule has 4 aliphatic rings. The van der Waals surface area contributed by atoms with E-state index >= 15 is 0 Å². The van der Waals surface area contributed by atoms with E-state index < -0.39 is 5.60 Å². The number of anilines is 1. The van der Waals surface area contributed by atoms with Crippen molar-refractivity contribution in [2.24, 2.45) is 5.92 Å². The monoisotopic (exact) mass is 445 g/mol. The second kappa shape index (κ2) is 9.35. The van der Waals surface area contributed by atoms with Crippen LogP contribution < -0.4 is 19.7 Å². The summed E-state index contributed by atoms with van der Waals surface area (Å²) in [6.07, 6.45) is 5.39. The maximum absolute atomic E-state index is 12.1. The fourth-order valence-electron chi connectivity index (χ4n) is 5.21. The average molecular weight is 446 g/mol. The molecule has 32 heavy (non-hydrogen) atoms. The number of para-hydroxylation sites is 1. The van der Waals surface area contributed by atoms with Gasteiger partial charge in [0, 0.05) is 32.2 Å². The normalized spacial score (nSPS) is 27.0. The molecule has 1 saturated carbocycles. The van der Waals surface area contributed by atoms with Crippen molar-refractivity contribution < 1.29 is 23.7 Å². The highest BCUT2D eigenvalue weighted by Gasteiger charge is 2.38. The lowest BCUT2D eigenvalue weighted by molar-refractivity contribution is -0.167. The van der Waals surface area contributed by atoms with Gasteiger partial charge in [0.25, 0.3) is 0 Å². The number of nitrogens with one attached hydrogen (secondary N) is 1. The predicted octanol–water partition coefficient (Wildman–Crippen LogP) is 3.00. The first-order valence-electron chi connectivity index (χ1n) is 12.0. The zero-order valence-corrected chi connectivity index (χ0v) is 19.0. The van der Waals surface area contributed by atoms with Gasteiger partial charge in [-0.2, -0.15) is 0 Å². The number of hydrogen-bond donors (Lipinski definition) is 1. The molecule has 8 heteroatoms. The molecular formula is C24H35N3O5. The van der Waals surface area contributed by atoms with E-state index in [0.29, 0.717) is 20.0 Å². The number of nitrogens with zero attached hydrogens (tertiary/aromatic N) is 2. The van der Waals surface area contributed by atoms with E-state index in [0.717, 1.165) is 68.7 Å². The summed E-state index contributed by atoms with van der Waals surface area (Å²) in [6, 6.07) is 6.39. The van der Waals surface area contributed by atoms with Gasteiger partial charge in [0.1, 0.15) is 0 Å². The Morgan fingerprint density at radius 2 is 1.91 bits per heavy atom. The smallest absolute Gasteiger partial charge is 0.408 e. The van der Waals surface area contributed by atoms with Crippen molar-refractivity contribution in [2.75, 3.05) is 57.6 Å². The van der Waals surface area contributed by atoms with Crippen molar-refractivity contribution in [3.8, 4) is 11.5 Å². The van der Waals surface area contributed by atoms with Crippen LogP contribution in [0.5, 0.6) is 11.5 Å². The molecule has 3 heterocycles. The number of carbonyl (C=O) groups is 1. The van der Waals surface area contributed by atoms with Crippen molar-refractivity contribution in [2.45, 2.75) is 50.7 Å². The Balaban J connectivity index is 0.995. The first-order chi connectivity index (χ1) is 15.6. The molecule has 2 saturated heterocycles. The molecular weight excluding hydrogens is 410 g/mol. The average Bonchev–Trinajstić information content (AvgIpc) is 3.27. The minimum atomic E-state index is -0.438. The second-order valence-electron chi connectivity index (χ2n) is 9.82. The topological polar surface area (TPSA) is 72.5 Å². The molecule has 0 unspecified atom stereocenters. The van der Waals surface area contributed by atoms with E-state index in [4.69, 9.17) is 18.9 Å². The zero-order valence-electron chi connectivity index (χ0n) is 19.0. The molecule has 0 aromatic heterocycles. The van der Waals surface area contributed by atoms with Crippen molar-refractivity contribution in [3.05, 3.63) is 18.2 Å². The van der Waals surface area contributed by atoms with Gasteiger partial charge in [-0.05, 0) is 63.6 Å². The summed E-state index contributed by atoms with van der Waals surface area (Å²) in [7, 11) is 0. The number of hydrogen-bond acceptors (Lipinski definition) is 7. The van der Waals surface area contributed by atoms with Gasteiger partial charge in [0.05, 0.1) is 18.9 Å². The number of benzene rings is 1. The van der Waals surface area contributed by atoms with Crippen LogP contribution >= 0.6 is 0 Å². The zero-order chi connectivity index (χ0) is 22.0. The molecule has 176 valence electrons. The van der Waals surface area contributed by atoms with Gasteiger partial charge in [0.2, 0.25) is 6.79 Å². The van der Waals surface area contributed by atoms with Gasteiger partial charge >= 0.3 is 6.09 Å². The summed E-state index contributed by atoms with van der Waals surface area (Å²) in [5, 5.41) is 3.06. The molecule has 0 atom stereocenters. The second-order valence-corrected chi connectivity index (χ2v) is 9.82. The van der Waals surface area contributed by atoms with Crippen LogP contribution in [0.1, 0.15) is 39.0 Å². The molecule has 1 N–H and O–H groups in total. The number of fused-ring (bicyclic) bond motifs is 1. The Bertz CT molecular complexity index is 799. The maximum atomic E-state index is 12.1.